The summed E-state index contributed by atoms with van der Waals surface area (Å²) in [5, 5.41) is 4.47. The molecule has 5 nitrogen and oxygen atoms in total. The fourth-order valence-electron chi connectivity index (χ4n) is 2.40. The van der Waals surface area contributed by atoms with E-state index in [1.807, 2.05) is 49.4 Å². The molecule has 0 saturated heterocycles. The standard InChI is InChI=1S/C20H26N2O3/c1-5-12-25-18-9-7-6-8-17(18)15(2)22-21-14-16-10-11-19(23-3)20(13-16)24-4/h6-11,13,21H,5,12,14H2,1-4H3/b22-15-. The van der Waals surface area contributed by atoms with Crippen molar-refractivity contribution in [3.05, 3.63) is 53.6 Å². The minimum absolute atomic E-state index is 0.593. The van der Waals surface area contributed by atoms with E-state index in [1.54, 1.807) is 14.2 Å². The van der Waals surface area contributed by atoms with Crippen LogP contribution in [0.15, 0.2) is 47.6 Å². The van der Waals surface area contributed by atoms with Crippen molar-refractivity contribution >= 4 is 5.71 Å². The Hall–Kier alpha value is -2.69. The van der Waals surface area contributed by atoms with Crippen LogP contribution in [0, 0.1) is 0 Å². The monoisotopic (exact) mass is 342 g/mol. The fraction of sp³-hybridized carbons (Fsp3) is 0.350. The molecule has 0 heterocycles. The molecule has 0 aliphatic carbocycles. The lowest BCUT2D eigenvalue weighted by Gasteiger charge is -2.11. The summed E-state index contributed by atoms with van der Waals surface area (Å²) in [6, 6.07) is 13.8. The van der Waals surface area contributed by atoms with Gasteiger partial charge in [0.25, 0.3) is 0 Å². The van der Waals surface area contributed by atoms with Gasteiger partial charge in [0.1, 0.15) is 5.75 Å². The molecule has 2 rings (SSSR count). The number of hydrogen-bond acceptors (Lipinski definition) is 5. The normalized spacial score (nSPS) is 11.1. The van der Waals surface area contributed by atoms with Crippen LogP contribution in [-0.2, 0) is 6.54 Å². The molecule has 25 heavy (non-hydrogen) atoms. The van der Waals surface area contributed by atoms with Gasteiger partial charge in [-0.2, -0.15) is 5.10 Å². The molecular weight excluding hydrogens is 316 g/mol. The van der Waals surface area contributed by atoms with E-state index in [4.69, 9.17) is 14.2 Å². The summed E-state index contributed by atoms with van der Waals surface area (Å²) in [5.41, 5.74) is 6.05. The SMILES string of the molecule is CCCOc1ccccc1/C(C)=N\NCc1ccc(OC)c(OC)c1. The first kappa shape index (κ1) is 18.6. The van der Waals surface area contributed by atoms with Gasteiger partial charge in [0.2, 0.25) is 0 Å². The van der Waals surface area contributed by atoms with Crippen molar-refractivity contribution in [1.82, 2.24) is 5.43 Å². The number of rotatable bonds is 9. The molecular formula is C20H26N2O3. The molecule has 134 valence electrons. The van der Waals surface area contributed by atoms with Crippen LogP contribution in [0.25, 0.3) is 0 Å². The van der Waals surface area contributed by atoms with Gasteiger partial charge in [0, 0.05) is 5.56 Å². The Kier molecular flexibility index (Phi) is 7.14. The average molecular weight is 342 g/mol. The number of nitrogens with zero attached hydrogens (tertiary/aromatic N) is 1. The van der Waals surface area contributed by atoms with Crippen molar-refractivity contribution in [2.75, 3.05) is 20.8 Å². The summed E-state index contributed by atoms with van der Waals surface area (Å²) in [6.07, 6.45) is 0.974. The molecule has 0 aromatic heterocycles. The van der Waals surface area contributed by atoms with Crippen LogP contribution in [-0.4, -0.2) is 26.5 Å². The topological polar surface area (TPSA) is 52.1 Å². The van der Waals surface area contributed by atoms with Crippen LogP contribution in [0.1, 0.15) is 31.4 Å². The van der Waals surface area contributed by atoms with Crippen molar-refractivity contribution in [3.8, 4) is 17.2 Å². The Bertz CT molecular complexity index is 714. The highest BCUT2D eigenvalue weighted by atomic mass is 16.5. The lowest BCUT2D eigenvalue weighted by molar-refractivity contribution is 0.317. The van der Waals surface area contributed by atoms with Gasteiger partial charge < -0.3 is 19.6 Å². The average Bonchev–Trinajstić information content (AvgIpc) is 2.66. The molecule has 2 aromatic carbocycles. The highest BCUT2D eigenvalue weighted by Crippen LogP contribution is 2.27. The zero-order valence-electron chi connectivity index (χ0n) is 15.3. The van der Waals surface area contributed by atoms with E-state index in [-0.39, 0.29) is 0 Å². The molecule has 0 spiro atoms. The third kappa shape index (κ3) is 5.14. The maximum Gasteiger partial charge on any atom is 0.161 e. The van der Waals surface area contributed by atoms with Crippen LogP contribution in [0.4, 0.5) is 0 Å². The second-order valence-corrected chi connectivity index (χ2v) is 5.57. The zero-order chi connectivity index (χ0) is 18.1. The first-order valence-electron chi connectivity index (χ1n) is 8.39. The van der Waals surface area contributed by atoms with Crippen molar-refractivity contribution in [2.45, 2.75) is 26.8 Å². The molecule has 0 aliphatic heterocycles. The van der Waals surface area contributed by atoms with Crippen LogP contribution in [0.3, 0.4) is 0 Å². The van der Waals surface area contributed by atoms with Crippen molar-refractivity contribution < 1.29 is 14.2 Å². The van der Waals surface area contributed by atoms with Crippen LogP contribution >= 0.6 is 0 Å². The van der Waals surface area contributed by atoms with Crippen molar-refractivity contribution in [2.24, 2.45) is 5.10 Å². The lowest BCUT2D eigenvalue weighted by atomic mass is 10.1. The third-order valence-electron chi connectivity index (χ3n) is 3.72. The van der Waals surface area contributed by atoms with Gasteiger partial charge in [-0.15, -0.1) is 0 Å². The Morgan fingerprint density at radius 2 is 1.76 bits per heavy atom. The zero-order valence-corrected chi connectivity index (χ0v) is 15.3. The summed E-state index contributed by atoms with van der Waals surface area (Å²) in [5.74, 6) is 2.28. The molecule has 0 saturated carbocycles. The second-order valence-electron chi connectivity index (χ2n) is 5.57. The van der Waals surface area contributed by atoms with Crippen molar-refractivity contribution in [3.63, 3.8) is 0 Å². The number of hydrazone groups is 1. The molecule has 1 N–H and O–H groups in total. The molecule has 0 fully saturated rings. The van der Waals surface area contributed by atoms with Gasteiger partial charge in [0.05, 0.1) is 33.1 Å². The smallest absolute Gasteiger partial charge is 0.161 e. The minimum atomic E-state index is 0.593. The van der Waals surface area contributed by atoms with Crippen LogP contribution < -0.4 is 19.6 Å². The van der Waals surface area contributed by atoms with Gasteiger partial charge in [-0.05, 0) is 43.2 Å². The Balaban J connectivity index is 2.05. The van der Waals surface area contributed by atoms with Gasteiger partial charge in [-0.25, -0.2) is 0 Å². The quantitative estimate of drug-likeness (QED) is 0.553. The summed E-state index contributed by atoms with van der Waals surface area (Å²) >= 11 is 0. The third-order valence-corrected chi connectivity index (χ3v) is 3.72. The number of para-hydroxylation sites is 1. The first-order chi connectivity index (χ1) is 12.2. The summed E-state index contributed by atoms with van der Waals surface area (Å²) in [7, 11) is 3.26. The maximum absolute atomic E-state index is 5.79. The second kappa shape index (κ2) is 9.57. The fourth-order valence-corrected chi connectivity index (χ4v) is 2.40. The van der Waals surface area contributed by atoms with Gasteiger partial charge in [0.15, 0.2) is 11.5 Å². The van der Waals surface area contributed by atoms with E-state index in [0.717, 1.165) is 29.0 Å². The minimum Gasteiger partial charge on any atom is -0.493 e. The van der Waals surface area contributed by atoms with E-state index in [2.05, 4.69) is 17.5 Å². The molecule has 0 bridgehead atoms. The maximum atomic E-state index is 5.79. The molecule has 5 heteroatoms. The summed E-state index contributed by atoms with van der Waals surface area (Å²) < 4.78 is 16.4. The van der Waals surface area contributed by atoms with Gasteiger partial charge in [-0.3, -0.25) is 0 Å². The van der Waals surface area contributed by atoms with Gasteiger partial charge in [-0.1, -0.05) is 25.1 Å². The number of methoxy groups -OCH3 is 2. The Morgan fingerprint density at radius 3 is 2.48 bits per heavy atom. The summed E-state index contributed by atoms with van der Waals surface area (Å²) in [4.78, 5) is 0. The largest absolute Gasteiger partial charge is 0.493 e. The highest BCUT2D eigenvalue weighted by Gasteiger charge is 2.07. The number of ether oxygens (including phenoxy) is 3. The van der Waals surface area contributed by atoms with E-state index < -0.39 is 0 Å². The molecule has 0 radical (unpaired) electrons. The highest BCUT2D eigenvalue weighted by molar-refractivity contribution is 6.00. The number of nitrogens with one attached hydrogen (secondary N) is 1. The molecule has 0 atom stereocenters. The van der Waals surface area contributed by atoms with E-state index in [1.165, 1.54) is 0 Å². The molecule has 0 unspecified atom stereocenters. The lowest BCUT2D eigenvalue weighted by Crippen LogP contribution is -2.10. The molecule has 0 amide bonds. The predicted molar refractivity (Wildman–Crippen MR) is 101 cm³/mol. The summed E-state index contributed by atoms with van der Waals surface area (Å²) in [6.45, 7) is 5.35. The Morgan fingerprint density at radius 1 is 1.00 bits per heavy atom. The van der Waals surface area contributed by atoms with E-state index >= 15 is 0 Å². The van der Waals surface area contributed by atoms with Crippen molar-refractivity contribution in [1.29, 1.82) is 0 Å². The molecule has 0 aliphatic rings. The van der Waals surface area contributed by atoms with E-state index in [9.17, 15) is 0 Å². The van der Waals surface area contributed by atoms with Crippen LogP contribution in [0.2, 0.25) is 0 Å². The Labute approximate surface area is 149 Å². The van der Waals surface area contributed by atoms with Crippen LogP contribution in [0.5, 0.6) is 17.2 Å². The van der Waals surface area contributed by atoms with Gasteiger partial charge >= 0.3 is 0 Å². The van der Waals surface area contributed by atoms with E-state index in [0.29, 0.717) is 24.7 Å². The number of hydrogen-bond donors (Lipinski definition) is 1. The number of benzene rings is 2. The first-order valence-corrected chi connectivity index (χ1v) is 8.39. The molecule has 2 aromatic rings. The predicted octanol–water partition coefficient (Wildman–Crippen LogP) is 4.01.